The monoisotopic (exact) mass is 435 g/mol. The van der Waals surface area contributed by atoms with Crippen LogP contribution in [0.3, 0.4) is 0 Å². The lowest BCUT2D eigenvalue weighted by Crippen LogP contribution is -2.45. The first-order chi connectivity index (χ1) is 14.2. The Hall–Kier alpha value is -3.14. The average molecular weight is 435 g/mol. The molecule has 0 fully saturated rings. The molecule has 3 aromatic rings. The topological polar surface area (TPSA) is 89.8 Å². The quantitative estimate of drug-likeness (QED) is 0.602. The van der Waals surface area contributed by atoms with Crippen molar-refractivity contribution in [3.05, 3.63) is 68.6 Å². The number of benzene rings is 1. The summed E-state index contributed by atoms with van der Waals surface area (Å²) < 4.78 is 34.3. The molecule has 10 heteroatoms. The molecular weight excluding hydrogens is 416 g/mol. The number of hydrogen-bond acceptors (Lipinski definition) is 6. The van der Waals surface area contributed by atoms with E-state index in [1.807, 2.05) is 0 Å². The Bertz CT molecular complexity index is 1150. The second-order valence-corrected chi connectivity index (χ2v) is 7.82. The third-order valence-corrected chi connectivity index (χ3v) is 5.33. The highest BCUT2D eigenvalue weighted by atomic mass is 32.1. The van der Waals surface area contributed by atoms with Crippen LogP contribution in [0.25, 0.3) is 4.96 Å². The van der Waals surface area contributed by atoms with Crippen molar-refractivity contribution in [1.82, 2.24) is 14.7 Å². The van der Waals surface area contributed by atoms with Crippen molar-refractivity contribution in [1.29, 1.82) is 0 Å². The van der Waals surface area contributed by atoms with Gasteiger partial charge in [-0.1, -0.05) is 19.9 Å². The number of hydrogen-bond donors (Lipinski definition) is 1. The van der Waals surface area contributed by atoms with Crippen molar-refractivity contribution in [3.63, 3.8) is 0 Å². The van der Waals surface area contributed by atoms with Gasteiger partial charge in [-0.05, 0) is 25.0 Å². The van der Waals surface area contributed by atoms with Crippen LogP contribution in [0.2, 0.25) is 0 Å². The molecule has 0 bridgehead atoms. The number of ether oxygens (including phenoxy) is 1. The van der Waals surface area contributed by atoms with E-state index in [1.165, 1.54) is 21.8 Å². The zero-order chi connectivity index (χ0) is 22.0. The summed E-state index contributed by atoms with van der Waals surface area (Å²) in [7, 11) is 0. The number of amides is 1. The van der Waals surface area contributed by atoms with Crippen LogP contribution in [0.15, 0.2) is 34.4 Å². The molecule has 0 aliphatic rings. The Labute approximate surface area is 174 Å². The van der Waals surface area contributed by atoms with E-state index in [9.17, 15) is 23.2 Å². The van der Waals surface area contributed by atoms with Crippen LogP contribution in [0, 0.1) is 24.5 Å². The fourth-order valence-electron chi connectivity index (χ4n) is 2.84. The van der Waals surface area contributed by atoms with Gasteiger partial charge in [-0.25, -0.2) is 18.6 Å². The SMILES string of the molecule is Cc1csc2nc(COC(=O)[C@H](NC(=O)c3c(F)cccc3F)C(C)C)cc(=O)n12. The fraction of sp³-hybridized carbons (Fsp3) is 0.300. The van der Waals surface area contributed by atoms with Crippen molar-refractivity contribution in [2.24, 2.45) is 5.92 Å². The highest BCUT2D eigenvalue weighted by Crippen LogP contribution is 2.15. The molecule has 3 rings (SSSR count). The summed E-state index contributed by atoms with van der Waals surface area (Å²) >= 11 is 1.28. The van der Waals surface area contributed by atoms with E-state index >= 15 is 0 Å². The van der Waals surface area contributed by atoms with Crippen LogP contribution >= 0.6 is 11.3 Å². The van der Waals surface area contributed by atoms with Gasteiger partial charge in [0.05, 0.1) is 5.69 Å². The van der Waals surface area contributed by atoms with Crippen LogP contribution in [-0.2, 0) is 16.1 Å². The summed E-state index contributed by atoms with van der Waals surface area (Å²) in [6.07, 6.45) is 0. The van der Waals surface area contributed by atoms with E-state index in [4.69, 9.17) is 4.74 Å². The molecule has 0 unspecified atom stereocenters. The summed E-state index contributed by atoms with van der Waals surface area (Å²) in [6.45, 7) is 4.79. The number of halogens is 2. The molecular formula is C20H19F2N3O4S. The van der Waals surface area contributed by atoms with E-state index in [-0.39, 0.29) is 17.9 Å². The number of thiazole rings is 1. The standard InChI is InChI=1S/C20H19F2N3O4S/c1-10(2)17(24-18(27)16-13(21)5-4-6-14(16)22)19(28)29-8-12-7-15(26)25-11(3)9-30-20(25)23-12/h4-7,9-10,17H,8H2,1-3H3,(H,24,27)/t17-/m1/s1. The molecule has 2 aromatic heterocycles. The largest absolute Gasteiger partial charge is 0.458 e. The molecule has 1 amide bonds. The van der Waals surface area contributed by atoms with E-state index in [2.05, 4.69) is 10.3 Å². The van der Waals surface area contributed by atoms with Crippen molar-refractivity contribution < 1.29 is 23.1 Å². The maximum Gasteiger partial charge on any atom is 0.329 e. The maximum atomic E-state index is 13.8. The van der Waals surface area contributed by atoms with E-state index in [1.54, 1.807) is 26.2 Å². The zero-order valence-corrected chi connectivity index (χ0v) is 17.3. The minimum Gasteiger partial charge on any atom is -0.458 e. The fourth-order valence-corrected chi connectivity index (χ4v) is 3.73. The first kappa shape index (κ1) is 21.6. The van der Waals surface area contributed by atoms with Crippen LogP contribution in [0.5, 0.6) is 0 Å². The van der Waals surface area contributed by atoms with Gasteiger partial charge in [0.1, 0.15) is 29.8 Å². The van der Waals surface area contributed by atoms with Crippen molar-refractivity contribution in [3.8, 4) is 0 Å². The minimum atomic E-state index is -1.15. The Balaban J connectivity index is 1.73. The van der Waals surface area contributed by atoms with Crippen LogP contribution in [-0.4, -0.2) is 27.3 Å². The number of carbonyl (C=O) groups is 2. The molecule has 0 aliphatic heterocycles. The predicted molar refractivity (Wildman–Crippen MR) is 106 cm³/mol. The smallest absolute Gasteiger partial charge is 0.329 e. The molecule has 0 spiro atoms. The number of fused-ring (bicyclic) bond motifs is 1. The Kier molecular flexibility index (Phi) is 6.25. The Morgan fingerprint density at radius 2 is 1.93 bits per heavy atom. The van der Waals surface area contributed by atoms with Gasteiger partial charge >= 0.3 is 5.97 Å². The van der Waals surface area contributed by atoms with Crippen molar-refractivity contribution in [2.75, 3.05) is 0 Å². The summed E-state index contributed by atoms with van der Waals surface area (Å²) in [5, 5.41) is 4.10. The second kappa shape index (κ2) is 8.70. The van der Waals surface area contributed by atoms with Gasteiger partial charge < -0.3 is 10.1 Å². The van der Waals surface area contributed by atoms with Crippen LogP contribution < -0.4 is 10.9 Å². The van der Waals surface area contributed by atoms with Gasteiger partial charge in [-0.15, -0.1) is 11.3 Å². The van der Waals surface area contributed by atoms with Gasteiger partial charge in [0.2, 0.25) is 0 Å². The van der Waals surface area contributed by atoms with Crippen LogP contribution in [0.4, 0.5) is 8.78 Å². The molecule has 0 radical (unpaired) electrons. The van der Waals surface area contributed by atoms with Crippen molar-refractivity contribution >= 4 is 28.2 Å². The molecule has 0 saturated heterocycles. The third-order valence-electron chi connectivity index (χ3n) is 4.39. The number of nitrogens with zero attached hydrogens (tertiary/aromatic N) is 2. The summed E-state index contributed by atoms with van der Waals surface area (Å²) in [5.41, 5.74) is -0.0686. The zero-order valence-electron chi connectivity index (χ0n) is 16.4. The number of nitrogens with one attached hydrogen (secondary N) is 1. The number of rotatable bonds is 6. The lowest BCUT2D eigenvalue weighted by atomic mass is 10.0. The lowest BCUT2D eigenvalue weighted by molar-refractivity contribution is -0.148. The number of esters is 1. The number of carbonyl (C=O) groups excluding carboxylic acids is 2. The van der Waals surface area contributed by atoms with Gasteiger partial charge in [0.25, 0.3) is 11.5 Å². The molecule has 2 heterocycles. The summed E-state index contributed by atoms with van der Waals surface area (Å²) in [6, 6.07) is 3.15. The molecule has 158 valence electrons. The Morgan fingerprint density at radius 3 is 2.57 bits per heavy atom. The molecule has 30 heavy (non-hydrogen) atoms. The molecule has 1 aromatic carbocycles. The van der Waals surface area contributed by atoms with Gasteiger partial charge in [-0.3, -0.25) is 14.0 Å². The van der Waals surface area contributed by atoms with E-state index in [0.29, 0.717) is 4.96 Å². The third kappa shape index (κ3) is 4.38. The summed E-state index contributed by atoms with van der Waals surface area (Å²) in [5.74, 6) is -4.36. The first-order valence-corrected chi connectivity index (χ1v) is 9.95. The highest BCUT2D eigenvalue weighted by molar-refractivity contribution is 7.15. The van der Waals surface area contributed by atoms with Gasteiger partial charge in [0.15, 0.2) is 4.96 Å². The van der Waals surface area contributed by atoms with Gasteiger partial charge in [-0.2, -0.15) is 0 Å². The van der Waals surface area contributed by atoms with E-state index in [0.717, 1.165) is 23.9 Å². The molecule has 1 N–H and O–H groups in total. The number of aromatic nitrogens is 2. The normalized spacial score (nSPS) is 12.2. The summed E-state index contributed by atoms with van der Waals surface area (Å²) in [4.78, 5) is 41.8. The molecule has 1 atom stereocenters. The molecule has 7 nitrogen and oxygen atoms in total. The molecule has 0 saturated carbocycles. The van der Waals surface area contributed by atoms with Crippen molar-refractivity contribution in [2.45, 2.75) is 33.4 Å². The second-order valence-electron chi connectivity index (χ2n) is 6.98. The van der Waals surface area contributed by atoms with Gasteiger partial charge in [0, 0.05) is 17.1 Å². The first-order valence-electron chi connectivity index (χ1n) is 9.07. The molecule has 0 aliphatic carbocycles. The Morgan fingerprint density at radius 1 is 1.27 bits per heavy atom. The average Bonchev–Trinajstić information content (AvgIpc) is 3.05. The lowest BCUT2D eigenvalue weighted by Gasteiger charge is -2.21. The van der Waals surface area contributed by atoms with E-state index < -0.39 is 41.0 Å². The van der Waals surface area contributed by atoms with Crippen LogP contribution in [0.1, 0.15) is 35.6 Å². The minimum absolute atomic E-state index is 0.254. The highest BCUT2D eigenvalue weighted by Gasteiger charge is 2.28. The predicted octanol–water partition coefficient (Wildman–Crippen LogP) is 2.84. The number of aryl methyl sites for hydroxylation is 1. The maximum absolute atomic E-state index is 13.8.